The average molecular weight is 332 g/mol. The highest BCUT2D eigenvalue weighted by Gasteiger charge is 2.09. The Balaban J connectivity index is 1.96. The zero-order chi connectivity index (χ0) is 14.1. The number of hydrogen-bond acceptors (Lipinski definition) is 4. The van der Waals surface area contributed by atoms with Crippen molar-refractivity contribution in [1.29, 1.82) is 0 Å². The summed E-state index contributed by atoms with van der Waals surface area (Å²) in [6.45, 7) is 2.44. The molecule has 0 atom stereocenters. The van der Waals surface area contributed by atoms with Crippen LogP contribution in [0.15, 0.2) is 41.0 Å². The maximum absolute atomic E-state index is 5.64. The second-order valence-electron chi connectivity index (χ2n) is 4.53. The fourth-order valence-electron chi connectivity index (χ4n) is 1.93. The van der Waals surface area contributed by atoms with Crippen LogP contribution in [0.4, 0.5) is 11.5 Å². The number of benzene rings is 1. The Morgan fingerprint density at radius 2 is 1.95 bits per heavy atom. The molecule has 0 saturated carbocycles. The molecule has 2 heterocycles. The van der Waals surface area contributed by atoms with Crippen molar-refractivity contribution >= 4 is 33.1 Å². The first-order valence-electron chi connectivity index (χ1n) is 6.25. The minimum Gasteiger partial charge on any atom is -0.339 e. The van der Waals surface area contributed by atoms with Gasteiger partial charge in [-0.2, -0.15) is 0 Å². The number of imidazole rings is 1. The summed E-state index contributed by atoms with van der Waals surface area (Å²) < 4.78 is 2.53. The lowest BCUT2D eigenvalue weighted by Crippen LogP contribution is -2.00. The Hall–Kier alpha value is -1.92. The first kappa shape index (κ1) is 13.1. The molecule has 0 radical (unpaired) electrons. The van der Waals surface area contributed by atoms with E-state index < -0.39 is 0 Å². The van der Waals surface area contributed by atoms with Gasteiger partial charge in [-0.1, -0.05) is 17.7 Å². The van der Waals surface area contributed by atoms with Gasteiger partial charge in [0.15, 0.2) is 11.5 Å². The van der Waals surface area contributed by atoms with Crippen LogP contribution in [0, 0.1) is 6.92 Å². The first-order chi connectivity index (χ1) is 9.67. The Labute approximate surface area is 125 Å². The lowest BCUT2D eigenvalue weighted by molar-refractivity contribution is 0.909. The van der Waals surface area contributed by atoms with E-state index in [4.69, 9.17) is 5.73 Å². The predicted octanol–water partition coefficient (Wildman–Crippen LogP) is 3.00. The molecule has 0 saturated heterocycles. The van der Waals surface area contributed by atoms with Crippen LogP contribution in [0.25, 0.3) is 5.65 Å². The van der Waals surface area contributed by atoms with E-state index in [-0.39, 0.29) is 0 Å². The molecule has 0 unspecified atom stereocenters. The van der Waals surface area contributed by atoms with Crippen LogP contribution in [0.5, 0.6) is 0 Å². The quantitative estimate of drug-likeness (QED) is 0.774. The molecule has 3 aromatic rings. The maximum atomic E-state index is 5.64. The molecule has 0 amide bonds. The second-order valence-corrected chi connectivity index (χ2v) is 5.28. The summed E-state index contributed by atoms with van der Waals surface area (Å²) in [5.74, 6) is 0.753. The van der Waals surface area contributed by atoms with Crippen molar-refractivity contribution in [3.63, 3.8) is 0 Å². The minimum atomic E-state index is 0.380. The fourth-order valence-corrected chi connectivity index (χ4v) is 2.44. The third-order valence-electron chi connectivity index (χ3n) is 3.01. The number of aromatic nitrogens is 3. The number of nitrogens with two attached hydrogens (primary N) is 1. The van der Waals surface area contributed by atoms with E-state index in [1.807, 2.05) is 24.3 Å². The lowest BCUT2D eigenvalue weighted by atomic mass is 10.2. The molecule has 102 valence electrons. The van der Waals surface area contributed by atoms with Crippen LogP contribution in [-0.4, -0.2) is 14.6 Å². The Morgan fingerprint density at radius 3 is 2.65 bits per heavy atom. The highest BCUT2D eigenvalue weighted by molar-refractivity contribution is 9.10. The summed E-state index contributed by atoms with van der Waals surface area (Å²) in [7, 11) is 0. The van der Waals surface area contributed by atoms with Crippen molar-refractivity contribution in [2.45, 2.75) is 13.5 Å². The normalized spacial score (nSPS) is 10.9. The van der Waals surface area contributed by atoms with Gasteiger partial charge in [-0.3, -0.25) is 0 Å². The zero-order valence-corrected chi connectivity index (χ0v) is 12.6. The van der Waals surface area contributed by atoms with E-state index in [1.54, 1.807) is 4.52 Å². The van der Waals surface area contributed by atoms with E-state index >= 15 is 0 Å². The number of hydrogen-bond donors (Lipinski definition) is 2. The van der Waals surface area contributed by atoms with Crippen molar-refractivity contribution in [2.24, 2.45) is 5.73 Å². The molecular weight excluding hydrogens is 318 g/mol. The number of fused-ring (bicyclic) bond motifs is 1. The maximum Gasteiger partial charge on any atom is 0.155 e. The van der Waals surface area contributed by atoms with Crippen molar-refractivity contribution < 1.29 is 0 Å². The standard InChI is InChI=1S/C14H14BrN5/c1-9-2-4-10(5-3-9)17-12-6-7-13-18-11(8-16)14(15)20(13)19-12/h2-7H,8,16H2,1H3,(H,17,19). The van der Waals surface area contributed by atoms with E-state index in [0.717, 1.165) is 27.4 Å². The van der Waals surface area contributed by atoms with Crippen LogP contribution in [0.1, 0.15) is 11.3 Å². The highest BCUT2D eigenvalue weighted by Crippen LogP contribution is 2.20. The molecule has 3 N–H and O–H groups in total. The largest absolute Gasteiger partial charge is 0.339 e. The van der Waals surface area contributed by atoms with Crippen LogP contribution in [0.3, 0.4) is 0 Å². The Kier molecular flexibility index (Phi) is 3.42. The van der Waals surface area contributed by atoms with Gasteiger partial charge < -0.3 is 11.1 Å². The fraction of sp³-hybridized carbons (Fsp3) is 0.143. The average Bonchev–Trinajstić information content (AvgIpc) is 2.78. The summed E-state index contributed by atoms with van der Waals surface area (Å²) in [6, 6.07) is 12.0. The highest BCUT2D eigenvalue weighted by atomic mass is 79.9. The van der Waals surface area contributed by atoms with E-state index in [0.29, 0.717) is 6.54 Å². The lowest BCUT2D eigenvalue weighted by Gasteiger charge is -2.06. The Bertz CT molecular complexity index is 748. The second kappa shape index (κ2) is 5.22. The van der Waals surface area contributed by atoms with Gasteiger partial charge in [0, 0.05) is 12.2 Å². The Morgan fingerprint density at radius 1 is 1.20 bits per heavy atom. The van der Waals surface area contributed by atoms with Crippen LogP contribution in [-0.2, 0) is 6.54 Å². The number of nitrogens with one attached hydrogen (secondary N) is 1. The predicted molar refractivity (Wildman–Crippen MR) is 83.0 cm³/mol. The van der Waals surface area contributed by atoms with Gasteiger partial charge in [-0.05, 0) is 47.1 Å². The SMILES string of the molecule is Cc1ccc(Nc2ccc3nc(CN)c(Br)n3n2)cc1. The van der Waals surface area contributed by atoms with Crippen molar-refractivity contribution in [3.05, 3.63) is 52.3 Å². The molecule has 2 aromatic heterocycles. The van der Waals surface area contributed by atoms with Gasteiger partial charge in [-0.25, -0.2) is 9.50 Å². The molecule has 0 aliphatic heterocycles. The smallest absolute Gasteiger partial charge is 0.155 e. The van der Waals surface area contributed by atoms with Crippen LogP contribution in [0.2, 0.25) is 0 Å². The van der Waals surface area contributed by atoms with Gasteiger partial charge in [-0.15, -0.1) is 5.10 Å². The number of nitrogens with zero attached hydrogens (tertiary/aromatic N) is 3. The number of anilines is 2. The van der Waals surface area contributed by atoms with E-state index in [1.165, 1.54) is 5.56 Å². The minimum absolute atomic E-state index is 0.380. The first-order valence-corrected chi connectivity index (χ1v) is 7.04. The molecule has 0 fully saturated rings. The van der Waals surface area contributed by atoms with Gasteiger partial charge in [0.05, 0.1) is 5.69 Å². The third kappa shape index (κ3) is 2.39. The molecule has 5 nitrogen and oxygen atoms in total. The van der Waals surface area contributed by atoms with Crippen LogP contribution < -0.4 is 11.1 Å². The molecule has 0 bridgehead atoms. The molecule has 3 rings (SSSR count). The summed E-state index contributed by atoms with van der Waals surface area (Å²) >= 11 is 3.47. The number of aryl methyl sites for hydroxylation is 1. The molecule has 0 spiro atoms. The van der Waals surface area contributed by atoms with Crippen molar-refractivity contribution in [2.75, 3.05) is 5.32 Å². The molecular formula is C14H14BrN5. The topological polar surface area (TPSA) is 68.2 Å². The molecule has 1 aromatic carbocycles. The molecule has 6 heteroatoms. The molecule has 20 heavy (non-hydrogen) atoms. The summed E-state index contributed by atoms with van der Waals surface area (Å²) in [4.78, 5) is 4.39. The van der Waals surface area contributed by atoms with Crippen molar-refractivity contribution in [1.82, 2.24) is 14.6 Å². The third-order valence-corrected chi connectivity index (χ3v) is 3.80. The van der Waals surface area contributed by atoms with Crippen molar-refractivity contribution in [3.8, 4) is 0 Å². The monoisotopic (exact) mass is 331 g/mol. The number of halogens is 1. The van der Waals surface area contributed by atoms with Gasteiger partial charge in [0.1, 0.15) is 4.60 Å². The van der Waals surface area contributed by atoms with Crippen LogP contribution >= 0.6 is 15.9 Å². The van der Waals surface area contributed by atoms with E-state index in [2.05, 4.69) is 50.4 Å². The van der Waals surface area contributed by atoms with Gasteiger partial charge in [0.2, 0.25) is 0 Å². The zero-order valence-electron chi connectivity index (χ0n) is 11.0. The molecule has 0 aliphatic rings. The molecule has 0 aliphatic carbocycles. The summed E-state index contributed by atoms with van der Waals surface area (Å²) in [5, 5.41) is 7.77. The van der Waals surface area contributed by atoms with Gasteiger partial charge in [0.25, 0.3) is 0 Å². The summed E-state index contributed by atoms with van der Waals surface area (Å²) in [5.41, 5.74) is 9.43. The van der Waals surface area contributed by atoms with Gasteiger partial charge >= 0.3 is 0 Å². The summed E-state index contributed by atoms with van der Waals surface area (Å²) in [6.07, 6.45) is 0. The number of rotatable bonds is 3. The van der Waals surface area contributed by atoms with E-state index in [9.17, 15) is 0 Å².